The van der Waals surface area contributed by atoms with Gasteiger partial charge < -0.3 is 14.6 Å². The number of carbonyl (C=O) groups is 1. The third-order valence-electron chi connectivity index (χ3n) is 1.58. The zero-order valence-electron chi connectivity index (χ0n) is 5.90. The van der Waals surface area contributed by atoms with Gasteiger partial charge in [-0.2, -0.15) is 0 Å². The van der Waals surface area contributed by atoms with Crippen molar-refractivity contribution >= 4 is 5.97 Å². The van der Waals surface area contributed by atoms with Gasteiger partial charge in [0.25, 0.3) is 0 Å². The van der Waals surface area contributed by atoms with E-state index in [2.05, 4.69) is 9.47 Å². The summed E-state index contributed by atoms with van der Waals surface area (Å²) in [5.74, 6) is -0.484. The van der Waals surface area contributed by atoms with Crippen LogP contribution in [0.4, 0.5) is 0 Å². The first kappa shape index (κ1) is 7.50. The molecule has 1 rings (SSSR count). The van der Waals surface area contributed by atoms with Gasteiger partial charge >= 0.3 is 5.97 Å². The number of ether oxygens (including phenoxy) is 2. The molecule has 0 aromatic rings. The van der Waals surface area contributed by atoms with Crippen LogP contribution in [0.3, 0.4) is 0 Å². The maximum atomic E-state index is 10.7. The number of esters is 1. The maximum absolute atomic E-state index is 10.7. The fourth-order valence-corrected chi connectivity index (χ4v) is 0.941. The van der Waals surface area contributed by atoms with Crippen molar-refractivity contribution in [2.45, 2.75) is 25.2 Å². The Hall–Kier alpha value is -0.610. The Kier molecular flexibility index (Phi) is 1.92. The topological polar surface area (TPSA) is 55.8 Å². The number of cyclic esters (lactones) is 1. The Balaban J connectivity index is 2.64. The van der Waals surface area contributed by atoms with Crippen LogP contribution >= 0.6 is 0 Å². The Morgan fingerprint density at radius 2 is 2.30 bits per heavy atom. The van der Waals surface area contributed by atoms with E-state index in [0.717, 1.165) is 0 Å². The molecule has 0 spiro atoms. The zero-order chi connectivity index (χ0) is 7.72. The number of hydrogen-bond donors (Lipinski definition) is 1. The van der Waals surface area contributed by atoms with Gasteiger partial charge in [0.15, 0.2) is 6.10 Å². The third kappa shape index (κ3) is 0.998. The molecule has 1 aliphatic heterocycles. The van der Waals surface area contributed by atoms with Crippen LogP contribution < -0.4 is 0 Å². The molecule has 0 aromatic heterocycles. The molecule has 4 heteroatoms. The molecule has 1 heterocycles. The number of aliphatic hydroxyl groups excluding tert-OH is 1. The van der Waals surface area contributed by atoms with E-state index < -0.39 is 24.3 Å². The molecule has 3 unspecified atom stereocenters. The van der Waals surface area contributed by atoms with E-state index in [-0.39, 0.29) is 0 Å². The summed E-state index contributed by atoms with van der Waals surface area (Å²) in [7, 11) is 1.37. The Labute approximate surface area is 58.7 Å². The molecular formula is C6H10O4. The Bertz CT molecular complexity index is 145. The first-order valence-electron chi connectivity index (χ1n) is 3.08. The molecule has 0 bridgehead atoms. The number of hydrogen-bond acceptors (Lipinski definition) is 4. The second kappa shape index (κ2) is 2.56. The van der Waals surface area contributed by atoms with Crippen LogP contribution in [0.25, 0.3) is 0 Å². The monoisotopic (exact) mass is 146 g/mol. The molecule has 1 fully saturated rings. The summed E-state index contributed by atoms with van der Waals surface area (Å²) in [6.07, 6.45) is -2.06. The lowest BCUT2D eigenvalue weighted by molar-refractivity contribution is -0.148. The van der Waals surface area contributed by atoms with Gasteiger partial charge in [-0.25, -0.2) is 4.79 Å². The van der Waals surface area contributed by atoms with Gasteiger partial charge in [0.1, 0.15) is 12.2 Å². The fraction of sp³-hybridized carbons (Fsp3) is 0.833. The van der Waals surface area contributed by atoms with Crippen molar-refractivity contribution < 1.29 is 19.4 Å². The molecule has 58 valence electrons. The van der Waals surface area contributed by atoms with Gasteiger partial charge in [-0.15, -0.1) is 0 Å². The summed E-state index contributed by atoms with van der Waals surface area (Å²) >= 11 is 0. The smallest absolute Gasteiger partial charge is 0.338 e. The molecule has 3 atom stereocenters. The second-order valence-electron chi connectivity index (χ2n) is 2.29. The summed E-state index contributed by atoms with van der Waals surface area (Å²) < 4.78 is 9.34. The van der Waals surface area contributed by atoms with Gasteiger partial charge in [-0.3, -0.25) is 0 Å². The minimum atomic E-state index is -0.822. The lowest BCUT2D eigenvalue weighted by Crippen LogP contribution is -2.31. The first-order chi connectivity index (χ1) is 4.66. The van der Waals surface area contributed by atoms with Crippen molar-refractivity contribution in [2.75, 3.05) is 7.11 Å². The number of carbonyl (C=O) groups excluding carboxylic acids is 1. The van der Waals surface area contributed by atoms with Crippen molar-refractivity contribution in [2.24, 2.45) is 0 Å². The van der Waals surface area contributed by atoms with Crippen molar-refractivity contribution in [3.8, 4) is 0 Å². The average Bonchev–Trinajstić information content (AvgIpc) is 2.09. The van der Waals surface area contributed by atoms with Gasteiger partial charge in [0.2, 0.25) is 0 Å². The molecule has 0 aromatic carbocycles. The highest BCUT2D eigenvalue weighted by atomic mass is 16.6. The van der Waals surface area contributed by atoms with E-state index in [1.165, 1.54) is 7.11 Å². The predicted octanol–water partition coefficient (Wildman–Crippen LogP) is -0.692. The molecule has 0 saturated carbocycles. The molecule has 4 nitrogen and oxygen atoms in total. The standard InChI is InChI=1S/C6H10O4/c1-3-4(7)5(9-2)6(8)10-3/h3-5,7H,1-2H3. The minimum absolute atomic E-state index is 0.447. The van der Waals surface area contributed by atoms with Gasteiger partial charge in [-0.05, 0) is 6.92 Å². The maximum Gasteiger partial charge on any atom is 0.338 e. The Morgan fingerprint density at radius 3 is 2.50 bits per heavy atom. The lowest BCUT2D eigenvalue weighted by atomic mass is 10.2. The summed E-state index contributed by atoms with van der Waals surface area (Å²) in [5, 5.41) is 9.16. The van der Waals surface area contributed by atoms with Crippen LogP contribution in [0.15, 0.2) is 0 Å². The molecular weight excluding hydrogens is 136 g/mol. The summed E-state index contributed by atoms with van der Waals surface area (Å²) in [4.78, 5) is 10.7. The van der Waals surface area contributed by atoms with Crippen LogP contribution in [0.1, 0.15) is 6.92 Å². The molecule has 0 amide bonds. The van der Waals surface area contributed by atoms with Gasteiger partial charge in [0.05, 0.1) is 0 Å². The van der Waals surface area contributed by atoms with E-state index in [4.69, 9.17) is 5.11 Å². The fourth-order valence-electron chi connectivity index (χ4n) is 0.941. The lowest BCUT2D eigenvalue weighted by Gasteiger charge is -2.08. The third-order valence-corrected chi connectivity index (χ3v) is 1.58. The summed E-state index contributed by atoms with van der Waals surface area (Å²) in [5.41, 5.74) is 0. The minimum Gasteiger partial charge on any atom is -0.458 e. The Morgan fingerprint density at radius 1 is 1.70 bits per heavy atom. The highest BCUT2D eigenvalue weighted by molar-refractivity contribution is 5.77. The number of methoxy groups -OCH3 is 1. The molecule has 0 aliphatic carbocycles. The van der Waals surface area contributed by atoms with E-state index in [9.17, 15) is 4.79 Å². The van der Waals surface area contributed by atoms with E-state index in [1.54, 1.807) is 6.92 Å². The van der Waals surface area contributed by atoms with Crippen molar-refractivity contribution in [1.82, 2.24) is 0 Å². The van der Waals surface area contributed by atoms with Crippen LogP contribution in [0.2, 0.25) is 0 Å². The van der Waals surface area contributed by atoms with E-state index in [1.807, 2.05) is 0 Å². The van der Waals surface area contributed by atoms with Crippen LogP contribution in [0, 0.1) is 0 Å². The van der Waals surface area contributed by atoms with Gasteiger partial charge in [0, 0.05) is 7.11 Å². The molecule has 1 aliphatic rings. The highest BCUT2D eigenvalue weighted by Crippen LogP contribution is 2.16. The number of rotatable bonds is 1. The predicted molar refractivity (Wildman–Crippen MR) is 32.4 cm³/mol. The van der Waals surface area contributed by atoms with Crippen LogP contribution in [-0.4, -0.2) is 36.5 Å². The average molecular weight is 146 g/mol. The van der Waals surface area contributed by atoms with Gasteiger partial charge in [-0.1, -0.05) is 0 Å². The highest BCUT2D eigenvalue weighted by Gasteiger charge is 2.41. The molecule has 0 radical (unpaired) electrons. The summed E-state index contributed by atoms with van der Waals surface area (Å²) in [6.45, 7) is 1.63. The molecule has 1 saturated heterocycles. The largest absolute Gasteiger partial charge is 0.458 e. The second-order valence-corrected chi connectivity index (χ2v) is 2.29. The van der Waals surface area contributed by atoms with E-state index in [0.29, 0.717) is 0 Å². The molecule has 1 N–H and O–H groups in total. The normalized spacial score (nSPS) is 39.9. The van der Waals surface area contributed by atoms with Crippen molar-refractivity contribution in [1.29, 1.82) is 0 Å². The van der Waals surface area contributed by atoms with Crippen molar-refractivity contribution in [3.05, 3.63) is 0 Å². The SMILES string of the molecule is COC1C(=O)OC(C)C1O. The summed E-state index contributed by atoms with van der Waals surface area (Å²) in [6, 6.07) is 0. The quantitative estimate of drug-likeness (QED) is 0.497. The van der Waals surface area contributed by atoms with Crippen LogP contribution in [0.5, 0.6) is 0 Å². The zero-order valence-corrected chi connectivity index (χ0v) is 5.90. The van der Waals surface area contributed by atoms with E-state index >= 15 is 0 Å². The first-order valence-corrected chi connectivity index (χ1v) is 3.08. The number of aliphatic hydroxyl groups is 1. The van der Waals surface area contributed by atoms with Crippen LogP contribution in [-0.2, 0) is 14.3 Å². The molecule has 10 heavy (non-hydrogen) atoms. The van der Waals surface area contributed by atoms with Crippen molar-refractivity contribution in [3.63, 3.8) is 0 Å².